The zero-order chi connectivity index (χ0) is 15.4. The van der Waals surface area contributed by atoms with Crippen molar-refractivity contribution in [2.75, 3.05) is 20.3 Å². The number of rotatable bonds is 5. The highest BCUT2D eigenvalue weighted by Crippen LogP contribution is 2.22. The molecule has 0 radical (unpaired) electrons. The molecule has 1 fully saturated rings. The molecule has 3 rings (SSSR count). The fourth-order valence-electron chi connectivity index (χ4n) is 2.83. The first kappa shape index (κ1) is 15.0. The van der Waals surface area contributed by atoms with Crippen LogP contribution in [-0.2, 0) is 6.54 Å². The van der Waals surface area contributed by atoms with Gasteiger partial charge in [0.15, 0.2) is 5.82 Å². The maximum atomic E-state index is 9.45. The molecule has 0 amide bonds. The minimum Gasteiger partial charge on any atom is -0.497 e. The number of nitrogens with zero attached hydrogens (tertiary/aromatic N) is 3. The fourth-order valence-corrected chi connectivity index (χ4v) is 2.83. The molecule has 6 nitrogen and oxygen atoms in total. The molecule has 1 aliphatic rings. The Morgan fingerprint density at radius 2 is 2.14 bits per heavy atom. The molecular weight excluding hydrogens is 282 g/mol. The molecular formula is C16H21N3O3. The van der Waals surface area contributed by atoms with Crippen molar-refractivity contribution in [3.63, 3.8) is 0 Å². The van der Waals surface area contributed by atoms with E-state index in [4.69, 9.17) is 9.26 Å². The normalized spacial score (nSPS) is 19.3. The van der Waals surface area contributed by atoms with E-state index in [0.29, 0.717) is 18.3 Å². The number of aliphatic hydroxyl groups is 1. The Hall–Kier alpha value is -1.92. The van der Waals surface area contributed by atoms with Gasteiger partial charge in [0.25, 0.3) is 5.89 Å². The molecule has 1 aromatic carbocycles. The zero-order valence-corrected chi connectivity index (χ0v) is 12.7. The van der Waals surface area contributed by atoms with Crippen molar-refractivity contribution < 1.29 is 14.4 Å². The van der Waals surface area contributed by atoms with E-state index in [2.05, 4.69) is 15.0 Å². The number of aromatic nitrogens is 2. The second kappa shape index (κ2) is 6.89. The van der Waals surface area contributed by atoms with E-state index in [0.717, 1.165) is 30.7 Å². The number of methoxy groups -OCH3 is 1. The van der Waals surface area contributed by atoms with Gasteiger partial charge in [0, 0.05) is 11.6 Å². The zero-order valence-electron chi connectivity index (χ0n) is 12.7. The Morgan fingerprint density at radius 1 is 1.32 bits per heavy atom. The number of ether oxygens (including phenoxy) is 1. The van der Waals surface area contributed by atoms with Crippen molar-refractivity contribution >= 4 is 0 Å². The Balaban J connectivity index is 1.70. The lowest BCUT2D eigenvalue weighted by Gasteiger charge is -2.33. The van der Waals surface area contributed by atoms with Crippen LogP contribution in [0.4, 0.5) is 0 Å². The molecule has 0 aliphatic carbocycles. The first-order valence-electron chi connectivity index (χ1n) is 7.62. The van der Waals surface area contributed by atoms with Crippen LogP contribution in [0.3, 0.4) is 0 Å². The summed E-state index contributed by atoms with van der Waals surface area (Å²) in [6.45, 7) is 1.77. The molecule has 1 aromatic heterocycles. The topological polar surface area (TPSA) is 71.6 Å². The summed E-state index contributed by atoms with van der Waals surface area (Å²) in [5, 5.41) is 13.5. The van der Waals surface area contributed by atoms with E-state index in [-0.39, 0.29) is 12.6 Å². The standard InChI is InChI=1S/C16H21N3O3/c1-21-14-7-5-12(6-8-14)16-17-15(18-22-16)10-19-9-3-2-4-13(19)11-20/h5-8,13,20H,2-4,9-11H2,1H3. The summed E-state index contributed by atoms with van der Waals surface area (Å²) in [4.78, 5) is 6.69. The maximum absolute atomic E-state index is 9.45. The Morgan fingerprint density at radius 3 is 2.86 bits per heavy atom. The highest BCUT2D eigenvalue weighted by molar-refractivity contribution is 5.54. The van der Waals surface area contributed by atoms with Crippen molar-refractivity contribution in [2.24, 2.45) is 0 Å². The molecule has 1 atom stereocenters. The molecule has 0 bridgehead atoms. The van der Waals surface area contributed by atoms with Gasteiger partial charge in [-0.15, -0.1) is 0 Å². The summed E-state index contributed by atoms with van der Waals surface area (Å²) in [6.07, 6.45) is 3.35. The lowest BCUT2D eigenvalue weighted by Crippen LogP contribution is -2.41. The van der Waals surface area contributed by atoms with Crippen LogP contribution < -0.4 is 4.74 Å². The molecule has 0 saturated carbocycles. The Bertz CT molecular complexity index is 597. The molecule has 1 aliphatic heterocycles. The number of hydrogen-bond acceptors (Lipinski definition) is 6. The minimum absolute atomic E-state index is 0.184. The van der Waals surface area contributed by atoms with Crippen LogP contribution in [-0.4, -0.2) is 46.5 Å². The Kier molecular flexibility index (Phi) is 4.70. The summed E-state index contributed by atoms with van der Waals surface area (Å²) < 4.78 is 10.5. The smallest absolute Gasteiger partial charge is 0.257 e. The summed E-state index contributed by atoms with van der Waals surface area (Å²) in [5.74, 6) is 1.96. The van der Waals surface area contributed by atoms with Crippen molar-refractivity contribution in [1.82, 2.24) is 15.0 Å². The molecule has 1 saturated heterocycles. The lowest BCUT2D eigenvalue weighted by molar-refractivity contribution is 0.0812. The predicted octanol–water partition coefficient (Wildman–Crippen LogP) is 2.09. The van der Waals surface area contributed by atoms with Gasteiger partial charge in [-0.3, -0.25) is 4.90 Å². The van der Waals surface area contributed by atoms with E-state index in [1.165, 1.54) is 6.42 Å². The third-order valence-electron chi connectivity index (χ3n) is 4.11. The van der Waals surface area contributed by atoms with Crippen LogP contribution in [0.15, 0.2) is 28.8 Å². The largest absolute Gasteiger partial charge is 0.497 e. The number of hydrogen-bond donors (Lipinski definition) is 1. The quantitative estimate of drug-likeness (QED) is 0.912. The highest BCUT2D eigenvalue weighted by atomic mass is 16.5. The van der Waals surface area contributed by atoms with Gasteiger partial charge in [-0.05, 0) is 43.7 Å². The van der Waals surface area contributed by atoms with Gasteiger partial charge >= 0.3 is 0 Å². The fraction of sp³-hybridized carbons (Fsp3) is 0.500. The van der Waals surface area contributed by atoms with Gasteiger partial charge in [0.1, 0.15) is 5.75 Å². The number of aliphatic hydroxyl groups excluding tert-OH is 1. The average Bonchev–Trinajstić information content (AvgIpc) is 3.04. The molecule has 1 N–H and O–H groups in total. The molecule has 22 heavy (non-hydrogen) atoms. The van der Waals surface area contributed by atoms with Gasteiger partial charge in [0.05, 0.1) is 20.3 Å². The van der Waals surface area contributed by atoms with Crippen LogP contribution in [0.1, 0.15) is 25.1 Å². The van der Waals surface area contributed by atoms with Crippen molar-refractivity contribution in [2.45, 2.75) is 31.8 Å². The number of likely N-dealkylation sites (tertiary alicyclic amines) is 1. The van der Waals surface area contributed by atoms with E-state index in [1.54, 1.807) is 7.11 Å². The molecule has 118 valence electrons. The van der Waals surface area contributed by atoms with E-state index < -0.39 is 0 Å². The summed E-state index contributed by atoms with van der Waals surface area (Å²) in [5.41, 5.74) is 0.872. The van der Waals surface area contributed by atoms with Gasteiger partial charge in [-0.1, -0.05) is 11.6 Å². The Labute approximate surface area is 129 Å². The van der Waals surface area contributed by atoms with Crippen LogP contribution >= 0.6 is 0 Å². The minimum atomic E-state index is 0.184. The van der Waals surface area contributed by atoms with Crippen molar-refractivity contribution in [1.29, 1.82) is 0 Å². The molecule has 0 spiro atoms. The number of benzene rings is 1. The van der Waals surface area contributed by atoms with E-state index in [9.17, 15) is 5.11 Å². The predicted molar refractivity (Wildman–Crippen MR) is 81.4 cm³/mol. The monoisotopic (exact) mass is 303 g/mol. The van der Waals surface area contributed by atoms with Crippen LogP contribution in [0, 0.1) is 0 Å². The third kappa shape index (κ3) is 3.28. The first-order valence-corrected chi connectivity index (χ1v) is 7.62. The van der Waals surface area contributed by atoms with Crippen molar-refractivity contribution in [3.8, 4) is 17.2 Å². The molecule has 1 unspecified atom stereocenters. The molecule has 2 heterocycles. The van der Waals surface area contributed by atoms with Gasteiger partial charge < -0.3 is 14.4 Å². The summed E-state index contributed by atoms with van der Waals surface area (Å²) >= 11 is 0. The SMILES string of the molecule is COc1ccc(-c2nc(CN3CCCCC3CO)no2)cc1. The van der Waals surface area contributed by atoms with E-state index >= 15 is 0 Å². The second-order valence-corrected chi connectivity index (χ2v) is 5.55. The number of piperidine rings is 1. The third-order valence-corrected chi connectivity index (χ3v) is 4.11. The second-order valence-electron chi connectivity index (χ2n) is 5.55. The highest BCUT2D eigenvalue weighted by Gasteiger charge is 2.23. The average molecular weight is 303 g/mol. The van der Waals surface area contributed by atoms with Crippen molar-refractivity contribution in [3.05, 3.63) is 30.1 Å². The van der Waals surface area contributed by atoms with Gasteiger partial charge in [-0.2, -0.15) is 4.98 Å². The summed E-state index contributed by atoms with van der Waals surface area (Å²) in [7, 11) is 1.63. The molecule has 2 aromatic rings. The van der Waals surface area contributed by atoms with Gasteiger partial charge in [-0.25, -0.2) is 0 Å². The lowest BCUT2D eigenvalue weighted by atomic mass is 10.0. The van der Waals surface area contributed by atoms with Crippen LogP contribution in [0.25, 0.3) is 11.5 Å². The van der Waals surface area contributed by atoms with E-state index in [1.807, 2.05) is 24.3 Å². The first-order chi connectivity index (χ1) is 10.8. The van der Waals surface area contributed by atoms with Crippen LogP contribution in [0.5, 0.6) is 5.75 Å². The summed E-state index contributed by atoms with van der Waals surface area (Å²) in [6, 6.07) is 7.73. The molecule has 6 heteroatoms. The maximum Gasteiger partial charge on any atom is 0.257 e. The van der Waals surface area contributed by atoms with Crippen LogP contribution in [0.2, 0.25) is 0 Å². The van der Waals surface area contributed by atoms with Gasteiger partial charge in [0.2, 0.25) is 0 Å².